The summed E-state index contributed by atoms with van der Waals surface area (Å²) in [6.45, 7) is 2.65. The number of esters is 1. The Morgan fingerprint density at radius 2 is 1.89 bits per heavy atom. The molecule has 190 valence electrons. The van der Waals surface area contributed by atoms with Crippen molar-refractivity contribution >= 4 is 34.1 Å². The fourth-order valence-corrected chi connectivity index (χ4v) is 5.76. The van der Waals surface area contributed by atoms with E-state index in [1.165, 1.54) is 18.1 Å². The minimum absolute atomic E-state index is 0.158. The Balaban J connectivity index is 1.65. The number of imidazole rings is 1. The molecule has 0 aliphatic heterocycles. The molecule has 1 aliphatic rings. The molecule has 0 unspecified atom stereocenters. The highest BCUT2D eigenvalue weighted by Crippen LogP contribution is 2.42. The molecular weight excluding hydrogens is 496 g/mol. The second kappa shape index (κ2) is 10.9. The summed E-state index contributed by atoms with van der Waals surface area (Å²) in [7, 11) is -0.413. The number of nitrogens with zero attached hydrogens (tertiary/aromatic N) is 4. The number of aromatic nitrogens is 2. The second-order valence-corrected chi connectivity index (χ2v) is 11.2. The van der Waals surface area contributed by atoms with Crippen LogP contribution in [0.4, 0.5) is 0 Å². The van der Waals surface area contributed by atoms with Crippen molar-refractivity contribution < 1.29 is 17.9 Å². The second-order valence-electron chi connectivity index (χ2n) is 8.76. The van der Waals surface area contributed by atoms with E-state index in [1.54, 1.807) is 44.1 Å². The van der Waals surface area contributed by atoms with Gasteiger partial charge < -0.3 is 14.2 Å². The first-order valence-corrected chi connectivity index (χ1v) is 14.4. The lowest BCUT2D eigenvalue weighted by atomic mass is 10.0. The average molecular weight is 527 g/mol. The van der Waals surface area contributed by atoms with Crippen LogP contribution in [0.25, 0.3) is 11.1 Å². The highest BCUT2D eigenvalue weighted by atomic mass is 32.2. The molecule has 10 heteroatoms. The van der Waals surface area contributed by atoms with Crippen LogP contribution in [0.1, 0.15) is 47.6 Å². The maximum atomic E-state index is 12.8. The number of thioether (sulfide) groups is 1. The summed E-state index contributed by atoms with van der Waals surface area (Å²) in [6.07, 6.45) is 5.35. The predicted octanol–water partition coefficient (Wildman–Crippen LogP) is 4.65. The predicted molar refractivity (Wildman–Crippen MR) is 142 cm³/mol. The summed E-state index contributed by atoms with van der Waals surface area (Å²) >= 11 is 1.49. The number of hydrogen-bond acceptors (Lipinski definition) is 6. The van der Waals surface area contributed by atoms with E-state index in [-0.39, 0.29) is 4.90 Å². The summed E-state index contributed by atoms with van der Waals surface area (Å²) in [6, 6.07) is 14.6. The number of ether oxygens (including phenoxy) is 1. The maximum Gasteiger partial charge on any atom is 0.359 e. The van der Waals surface area contributed by atoms with Crippen LogP contribution in [0.15, 0.2) is 62.9 Å². The highest BCUT2D eigenvalue weighted by Gasteiger charge is 2.33. The largest absolute Gasteiger partial charge is 0.461 e. The van der Waals surface area contributed by atoms with E-state index in [2.05, 4.69) is 13.9 Å². The zero-order chi connectivity index (χ0) is 25.9. The molecule has 0 saturated heterocycles. The van der Waals surface area contributed by atoms with Crippen LogP contribution in [0, 0.1) is 0 Å². The molecule has 0 radical (unpaired) electrons. The molecule has 1 aromatic heterocycles. The van der Waals surface area contributed by atoms with Gasteiger partial charge in [0.1, 0.15) is 17.2 Å². The summed E-state index contributed by atoms with van der Waals surface area (Å²) in [4.78, 5) is 18.9. The molecule has 1 saturated carbocycles. The molecule has 0 atom stereocenters. The molecular formula is C26H30N4O4S2. The molecule has 0 bridgehead atoms. The molecule has 0 spiro atoms. The zero-order valence-electron chi connectivity index (χ0n) is 20.8. The molecule has 3 aromatic rings. The Bertz CT molecular complexity index is 1380. The van der Waals surface area contributed by atoms with E-state index in [1.807, 2.05) is 36.6 Å². The van der Waals surface area contributed by atoms with Gasteiger partial charge in [-0.05, 0) is 43.2 Å². The van der Waals surface area contributed by atoms with Crippen LogP contribution in [0.5, 0.6) is 0 Å². The highest BCUT2D eigenvalue weighted by molar-refractivity contribution is 7.98. The number of carbonyl (C=O) groups excluding carboxylic acids is 1. The van der Waals surface area contributed by atoms with Crippen molar-refractivity contribution in [1.82, 2.24) is 14.5 Å². The van der Waals surface area contributed by atoms with Crippen LogP contribution in [0.3, 0.4) is 0 Å². The number of sulfonamides is 1. The lowest BCUT2D eigenvalue weighted by molar-refractivity contribution is 0.0515. The van der Waals surface area contributed by atoms with Crippen molar-refractivity contribution in [3.63, 3.8) is 0 Å². The first-order valence-electron chi connectivity index (χ1n) is 11.7. The third-order valence-electron chi connectivity index (χ3n) is 5.74. The van der Waals surface area contributed by atoms with E-state index < -0.39 is 16.0 Å². The van der Waals surface area contributed by atoms with E-state index in [0.29, 0.717) is 30.3 Å². The van der Waals surface area contributed by atoms with Gasteiger partial charge in [0.25, 0.3) is 10.0 Å². The summed E-state index contributed by atoms with van der Waals surface area (Å²) in [5, 5.41) is 0.801. The van der Waals surface area contributed by atoms with Gasteiger partial charge in [-0.2, -0.15) is 8.42 Å². The minimum atomic E-state index is -3.85. The molecule has 1 heterocycles. The number of benzene rings is 2. The molecule has 4 rings (SSSR count). The summed E-state index contributed by atoms with van der Waals surface area (Å²) in [5.74, 6) is 0.882. The van der Waals surface area contributed by atoms with E-state index >= 15 is 0 Å². The Hall–Kier alpha value is -3.11. The maximum absolute atomic E-state index is 12.8. The van der Waals surface area contributed by atoms with E-state index in [0.717, 1.165) is 34.8 Å². The number of hydrogen-bond donors (Lipinski definition) is 0. The molecule has 1 fully saturated rings. The lowest BCUT2D eigenvalue weighted by Crippen LogP contribution is -2.10. The van der Waals surface area contributed by atoms with Crippen molar-refractivity contribution in [2.75, 3.05) is 27.0 Å². The SMILES string of the molecule is CCOC(=O)c1nc(C2CC2)n(Cc2ccc(-c3ccccc3S(=O)(=O)/N=C/N(C)C)cc2)c1SC. The van der Waals surface area contributed by atoms with Crippen molar-refractivity contribution in [2.24, 2.45) is 4.40 Å². The average Bonchev–Trinajstić information content (AvgIpc) is 3.65. The van der Waals surface area contributed by atoms with E-state index in [4.69, 9.17) is 4.74 Å². The van der Waals surface area contributed by atoms with Crippen LogP contribution < -0.4 is 0 Å². The zero-order valence-corrected chi connectivity index (χ0v) is 22.5. The van der Waals surface area contributed by atoms with Crippen LogP contribution in [-0.4, -0.2) is 62.1 Å². The third-order valence-corrected chi connectivity index (χ3v) is 7.83. The van der Waals surface area contributed by atoms with Crippen molar-refractivity contribution in [3.8, 4) is 11.1 Å². The normalized spacial score (nSPS) is 13.8. The van der Waals surface area contributed by atoms with Crippen molar-refractivity contribution in [1.29, 1.82) is 0 Å². The van der Waals surface area contributed by atoms with Gasteiger partial charge in [0.15, 0.2) is 5.69 Å². The Kier molecular flexibility index (Phi) is 7.85. The van der Waals surface area contributed by atoms with Gasteiger partial charge in [-0.25, -0.2) is 9.78 Å². The molecule has 0 amide bonds. The molecule has 36 heavy (non-hydrogen) atoms. The van der Waals surface area contributed by atoms with Gasteiger partial charge >= 0.3 is 5.97 Å². The molecule has 1 aliphatic carbocycles. The summed E-state index contributed by atoms with van der Waals surface area (Å²) < 4.78 is 36.8. The standard InChI is InChI=1S/C26H30N4O4S2/c1-5-34-26(31)23-25(35-4)30(24(28-23)20-14-15-20)16-18-10-12-19(13-11-18)21-8-6-7-9-22(21)36(32,33)27-17-29(2)3/h6-13,17,20H,5,14-16H2,1-4H3/b27-17+. The Morgan fingerprint density at radius 1 is 1.19 bits per heavy atom. The van der Waals surface area contributed by atoms with Crippen LogP contribution in [0.2, 0.25) is 0 Å². The molecule has 0 N–H and O–H groups in total. The Labute approximate surface area is 216 Å². The van der Waals surface area contributed by atoms with Crippen LogP contribution in [-0.2, 0) is 21.3 Å². The lowest BCUT2D eigenvalue weighted by Gasteiger charge is -2.13. The number of carbonyl (C=O) groups is 1. The Morgan fingerprint density at radius 3 is 2.50 bits per heavy atom. The first-order chi connectivity index (χ1) is 17.2. The first kappa shape index (κ1) is 26.0. The monoisotopic (exact) mass is 526 g/mol. The third kappa shape index (κ3) is 5.65. The fraction of sp³-hybridized carbons (Fsp3) is 0.346. The fourth-order valence-electron chi connectivity index (χ4n) is 3.92. The van der Waals surface area contributed by atoms with Gasteiger partial charge in [-0.3, -0.25) is 0 Å². The summed E-state index contributed by atoms with van der Waals surface area (Å²) in [5.41, 5.74) is 2.77. The number of rotatable bonds is 10. The molecule has 8 nitrogen and oxygen atoms in total. The van der Waals surface area contributed by atoms with Gasteiger partial charge in [0.2, 0.25) is 0 Å². The van der Waals surface area contributed by atoms with Gasteiger partial charge in [-0.1, -0.05) is 42.5 Å². The van der Waals surface area contributed by atoms with Crippen molar-refractivity contribution in [3.05, 3.63) is 65.6 Å². The van der Waals surface area contributed by atoms with E-state index in [9.17, 15) is 13.2 Å². The topological polar surface area (TPSA) is 93.9 Å². The quantitative estimate of drug-likeness (QED) is 0.164. The van der Waals surface area contributed by atoms with Crippen LogP contribution >= 0.6 is 11.8 Å². The van der Waals surface area contributed by atoms with Gasteiger partial charge in [-0.15, -0.1) is 16.2 Å². The minimum Gasteiger partial charge on any atom is -0.461 e. The molecule has 2 aromatic carbocycles. The van der Waals surface area contributed by atoms with Gasteiger partial charge in [0, 0.05) is 32.1 Å². The van der Waals surface area contributed by atoms with Crippen molar-refractivity contribution in [2.45, 2.75) is 42.1 Å². The van der Waals surface area contributed by atoms with Gasteiger partial charge in [0.05, 0.1) is 11.5 Å². The smallest absolute Gasteiger partial charge is 0.359 e.